The van der Waals surface area contributed by atoms with Gasteiger partial charge in [0.05, 0.1) is 11.2 Å². The van der Waals surface area contributed by atoms with Crippen LogP contribution in [0.15, 0.2) is 18.5 Å². The third-order valence-corrected chi connectivity index (χ3v) is 3.34. The molecule has 0 aliphatic heterocycles. The van der Waals surface area contributed by atoms with E-state index in [1.165, 1.54) is 25.7 Å². The second-order valence-corrected chi connectivity index (χ2v) is 4.98. The van der Waals surface area contributed by atoms with Crippen molar-refractivity contribution in [2.75, 3.05) is 19.7 Å². The van der Waals surface area contributed by atoms with Crippen molar-refractivity contribution in [3.8, 4) is 5.75 Å². The standard InChI is InChI=1S/C13H19ClN2O/c14-12-7-13(10-16-9-12)17-6-5-15-8-11-3-1-2-4-11/h7,9-11,15H,1-6,8H2. The van der Waals surface area contributed by atoms with Crippen LogP contribution in [0.1, 0.15) is 25.7 Å². The number of pyridine rings is 1. The molecule has 1 saturated carbocycles. The van der Waals surface area contributed by atoms with E-state index in [0.29, 0.717) is 11.6 Å². The first-order valence-electron chi connectivity index (χ1n) is 6.28. The number of nitrogens with one attached hydrogen (secondary N) is 1. The molecular formula is C13H19ClN2O. The van der Waals surface area contributed by atoms with Crippen molar-refractivity contribution in [2.24, 2.45) is 5.92 Å². The van der Waals surface area contributed by atoms with Gasteiger partial charge in [0.25, 0.3) is 0 Å². The van der Waals surface area contributed by atoms with Crippen LogP contribution in [-0.4, -0.2) is 24.7 Å². The highest BCUT2D eigenvalue weighted by Crippen LogP contribution is 2.23. The van der Waals surface area contributed by atoms with Gasteiger partial charge in [-0.3, -0.25) is 4.98 Å². The lowest BCUT2D eigenvalue weighted by Crippen LogP contribution is -2.26. The minimum atomic E-state index is 0.612. The maximum atomic E-state index is 5.81. The Morgan fingerprint density at radius 2 is 2.18 bits per heavy atom. The molecule has 0 radical (unpaired) electrons. The van der Waals surface area contributed by atoms with Crippen molar-refractivity contribution in [3.05, 3.63) is 23.5 Å². The van der Waals surface area contributed by atoms with E-state index in [1.807, 2.05) is 0 Å². The van der Waals surface area contributed by atoms with E-state index in [1.54, 1.807) is 18.5 Å². The zero-order valence-electron chi connectivity index (χ0n) is 9.99. The van der Waals surface area contributed by atoms with Crippen LogP contribution in [0, 0.1) is 5.92 Å². The summed E-state index contributed by atoms with van der Waals surface area (Å²) in [5.74, 6) is 1.61. The molecule has 0 bridgehead atoms. The predicted molar refractivity (Wildman–Crippen MR) is 69.6 cm³/mol. The Morgan fingerprint density at radius 3 is 2.94 bits per heavy atom. The van der Waals surface area contributed by atoms with E-state index in [-0.39, 0.29) is 0 Å². The summed E-state index contributed by atoms with van der Waals surface area (Å²) in [6, 6.07) is 1.78. The Labute approximate surface area is 108 Å². The second-order valence-electron chi connectivity index (χ2n) is 4.54. The molecule has 0 unspecified atom stereocenters. The maximum Gasteiger partial charge on any atom is 0.139 e. The zero-order valence-corrected chi connectivity index (χ0v) is 10.7. The van der Waals surface area contributed by atoms with Crippen molar-refractivity contribution in [2.45, 2.75) is 25.7 Å². The minimum Gasteiger partial charge on any atom is -0.491 e. The van der Waals surface area contributed by atoms with E-state index in [0.717, 1.165) is 24.8 Å². The Balaban J connectivity index is 1.56. The molecule has 0 atom stereocenters. The molecule has 1 fully saturated rings. The molecule has 4 heteroatoms. The SMILES string of the molecule is Clc1cncc(OCCNCC2CCCC2)c1. The van der Waals surface area contributed by atoms with Gasteiger partial charge < -0.3 is 10.1 Å². The average Bonchev–Trinajstić information content (AvgIpc) is 2.82. The van der Waals surface area contributed by atoms with Crippen LogP contribution in [0.2, 0.25) is 5.02 Å². The van der Waals surface area contributed by atoms with Gasteiger partial charge in [0, 0.05) is 18.8 Å². The van der Waals surface area contributed by atoms with E-state index < -0.39 is 0 Å². The maximum absolute atomic E-state index is 5.81. The highest BCUT2D eigenvalue weighted by Gasteiger charge is 2.13. The number of nitrogens with zero attached hydrogens (tertiary/aromatic N) is 1. The Kier molecular flexibility index (Phi) is 5.08. The fraction of sp³-hybridized carbons (Fsp3) is 0.615. The van der Waals surface area contributed by atoms with Crippen LogP contribution in [0.25, 0.3) is 0 Å². The third-order valence-electron chi connectivity index (χ3n) is 3.14. The molecule has 1 aromatic heterocycles. The Bertz CT molecular complexity index is 340. The summed E-state index contributed by atoms with van der Waals surface area (Å²) < 4.78 is 5.54. The smallest absolute Gasteiger partial charge is 0.139 e. The molecule has 1 aliphatic carbocycles. The lowest BCUT2D eigenvalue weighted by Gasteiger charge is -2.11. The average molecular weight is 255 g/mol. The number of hydrogen-bond acceptors (Lipinski definition) is 3. The van der Waals surface area contributed by atoms with Crippen LogP contribution in [0.3, 0.4) is 0 Å². The second kappa shape index (κ2) is 6.82. The number of ether oxygens (including phenoxy) is 1. The molecule has 1 aromatic rings. The third kappa shape index (κ3) is 4.52. The van der Waals surface area contributed by atoms with E-state index in [4.69, 9.17) is 16.3 Å². The number of aromatic nitrogens is 1. The van der Waals surface area contributed by atoms with Gasteiger partial charge >= 0.3 is 0 Å². The molecule has 1 aliphatic rings. The van der Waals surface area contributed by atoms with Crippen molar-refractivity contribution in [3.63, 3.8) is 0 Å². The van der Waals surface area contributed by atoms with Gasteiger partial charge in [-0.15, -0.1) is 0 Å². The van der Waals surface area contributed by atoms with E-state index in [2.05, 4.69) is 10.3 Å². The molecular weight excluding hydrogens is 236 g/mol. The van der Waals surface area contributed by atoms with Gasteiger partial charge in [-0.2, -0.15) is 0 Å². The van der Waals surface area contributed by atoms with Crippen molar-refractivity contribution in [1.29, 1.82) is 0 Å². The van der Waals surface area contributed by atoms with Gasteiger partial charge in [-0.05, 0) is 25.3 Å². The first-order chi connectivity index (χ1) is 8.34. The summed E-state index contributed by atoms with van der Waals surface area (Å²) in [5.41, 5.74) is 0. The van der Waals surface area contributed by atoms with Gasteiger partial charge in [-0.25, -0.2) is 0 Å². The van der Waals surface area contributed by atoms with Crippen molar-refractivity contribution >= 4 is 11.6 Å². The van der Waals surface area contributed by atoms with Crippen LogP contribution >= 0.6 is 11.6 Å². The quantitative estimate of drug-likeness (QED) is 0.793. The topological polar surface area (TPSA) is 34.1 Å². The lowest BCUT2D eigenvalue weighted by atomic mass is 10.1. The summed E-state index contributed by atoms with van der Waals surface area (Å²) >= 11 is 5.81. The van der Waals surface area contributed by atoms with E-state index in [9.17, 15) is 0 Å². The number of hydrogen-bond donors (Lipinski definition) is 1. The van der Waals surface area contributed by atoms with Crippen molar-refractivity contribution < 1.29 is 4.74 Å². The fourth-order valence-corrected chi connectivity index (χ4v) is 2.40. The number of halogens is 1. The first-order valence-corrected chi connectivity index (χ1v) is 6.66. The van der Waals surface area contributed by atoms with Gasteiger partial charge in [0.1, 0.15) is 12.4 Å². The molecule has 0 amide bonds. The molecule has 0 saturated heterocycles. The van der Waals surface area contributed by atoms with E-state index >= 15 is 0 Å². The molecule has 0 spiro atoms. The molecule has 0 aromatic carbocycles. The number of rotatable bonds is 6. The van der Waals surface area contributed by atoms with Gasteiger partial charge in [-0.1, -0.05) is 24.4 Å². The summed E-state index contributed by atoms with van der Waals surface area (Å²) in [4.78, 5) is 3.97. The summed E-state index contributed by atoms with van der Waals surface area (Å²) in [6.07, 6.45) is 8.85. The molecule has 3 nitrogen and oxygen atoms in total. The molecule has 94 valence electrons. The summed E-state index contributed by atoms with van der Waals surface area (Å²) in [6.45, 7) is 2.66. The fourth-order valence-electron chi connectivity index (χ4n) is 2.23. The molecule has 17 heavy (non-hydrogen) atoms. The predicted octanol–water partition coefficient (Wildman–Crippen LogP) is 2.89. The van der Waals surface area contributed by atoms with Gasteiger partial charge in [0.2, 0.25) is 0 Å². The normalized spacial score (nSPS) is 16.3. The minimum absolute atomic E-state index is 0.612. The van der Waals surface area contributed by atoms with Crippen LogP contribution < -0.4 is 10.1 Å². The Hall–Kier alpha value is -0.800. The summed E-state index contributed by atoms with van der Waals surface area (Å²) in [7, 11) is 0. The zero-order chi connectivity index (χ0) is 11.9. The Morgan fingerprint density at radius 1 is 1.35 bits per heavy atom. The largest absolute Gasteiger partial charge is 0.491 e. The highest BCUT2D eigenvalue weighted by atomic mass is 35.5. The lowest BCUT2D eigenvalue weighted by molar-refractivity contribution is 0.308. The first kappa shape index (κ1) is 12.7. The monoisotopic (exact) mass is 254 g/mol. The summed E-state index contributed by atoms with van der Waals surface area (Å²) in [5, 5.41) is 4.05. The highest BCUT2D eigenvalue weighted by molar-refractivity contribution is 6.30. The molecule has 1 N–H and O–H groups in total. The van der Waals surface area contributed by atoms with Crippen LogP contribution in [-0.2, 0) is 0 Å². The molecule has 1 heterocycles. The molecule has 2 rings (SSSR count). The van der Waals surface area contributed by atoms with Crippen molar-refractivity contribution in [1.82, 2.24) is 10.3 Å². The van der Waals surface area contributed by atoms with Gasteiger partial charge in [0.15, 0.2) is 0 Å². The van der Waals surface area contributed by atoms with Crippen LogP contribution in [0.5, 0.6) is 5.75 Å². The van der Waals surface area contributed by atoms with Crippen LogP contribution in [0.4, 0.5) is 0 Å².